The molecule has 0 amide bonds. The summed E-state index contributed by atoms with van der Waals surface area (Å²) in [5, 5.41) is 0. The van der Waals surface area contributed by atoms with Gasteiger partial charge in [0.05, 0.1) is 6.42 Å². The van der Waals surface area contributed by atoms with Gasteiger partial charge in [0.1, 0.15) is 5.78 Å². The van der Waals surface area contributed by atoms with E-state index in [1.165, 1.54) is 11.9 Å². The third-order valence-electron chi connectivity index (χ3n) is 2.70. The molecule has 0 saturated heterocycles. The number of nitrogens with zero attached hydrogens (tertiary/aromatic N) is 1. The summed E-state index contributed by atoms with van der Waals surface area (Å²) in [4.78, 5) is 57.4. The highest BCUT2D eigenvalue weighted by atomic mass is 31.2. The van der Waals surface area contributed by atoms with Crippen molar-refractivity contribution < 1.29 is 33.8 Å². The quantitative estimate of drug-likeness (QED) is 0.301. The molecule has 0 aliphatic rings. The predicted octanol–water partition coefficient (Wildman–Crippen LogP) is 0.268. The van der Waals surface area contributed by atoms with E-state index in [2.05, 4.69) is 0 Å². The van der Waals surface area contributed by atoms with Gasteiger partial charge in [0.25, 0.3) is 0 Å². The zero-order valence-electron chi connectivity index (χ0n) is 11.0. The maximum atomic E-state index is 11.3. The van der Waals surface area contributed by atoms with Crippen LogP contribution in [-0.4, -0.2) is 54.3 Å². The van der Waals surface area contributed by atoms with Crippen molar-refractivity contribution in [2.24, 2.45) is 0 Å². The summed E-state index contributed by atoms with van der Waals surface area (Å²) in [6.07, 6.45) is 1.72. The van der Waals surface area contributed by atoms with Crippen molar-refractivity contribution in [1.82, 2.24) is 4.90 Å². The Morgan fingerprint density at radius 1 is 1.26 bits per heavy atom. The topological polar surface area (TPSA) is 139 Å². The van der Waals surface area contributed by atoms with Crippen LogP contribution in [0.3, 0.4) is 0 Å². The fraction of sp³-hybridized carbons (Fsp3) is 0.889. The van der Waals surface area contributed by atoms with Crippen molar-refractivity contribution in [2.75, 3.05) is 13.6 Å². The van der Waals surface area contributed by atoms with Crippen molar-refractivity contribution in [3.8, 4) is 0 Å². The fourth-order valence-corrected chi connectivity index (χ4v) is 3.17. The molecule has 0 bridgehead atoms. The van der Waals surface area contributed by atoms with Gasteiger partial charge >= 0.3 is 21.1 Å². The average molecular weight is 318 g/mol. The molecule has 114 valence electrons. The number of hydrogen-bond donors (Lipinski definition) is 5. The summed E-state index contributed by atoms with van der Waals surface area (Å²) >= 11 is 0. The van der Waals surface area contributed by atoms with Crippen LogP contribution >= 0.6 is 15.5 Å². The highest BCUT2D eigenvalue weighted by molar-refractivity contribution is 7.76. The molecular weight excluding hydrogens is 296 g/mol. The van der Waals surface area contributed by atoms with Gasteiger partial charge in [0, 0.05) is 0 Å². The first-order chi connectivity index (χ1) is 8.50. The lowest BCUT2D eigenvalue weighted by atomic mass is 10.2. The molecule has 1 unspecified atom stereocenters. The third kappa shape index (κ3) is 7.44. The fourth-order valence-electron chi connectivity index (χ4n) is 1.57. The van der Waals surface area contributed by atoms with Crippen LogP contribution in [0.5, 0.6) is 0 Å². The van der Waals surface area contributed by atoms with Crippen molar-refractivity contribution in [2.45, 2.75) is 38.4 Å². The molecule has 0 rings (SSSR count). The van der Waals surface area contributed by atoms with E-state index >= 15 is 0 Å². The molecule has 0 saturated carbocycles. The van der Waals surface area contributed by atoms with E-state index in [9.17, 15) is 19.1 Å². The van der Waals surface area contributed by atoms with Crippen molar-refractivity contribution >= 4 is 21.1 Å². The number of carbonyl (C=O) groups excluding carboxylic acids is 1. The van der Waals surface area contributed by atoms with E-state index < -0.39 is 33.3 Å². The molecule has 0 spiro atoms. The highest BCUT2D eigenvalue weighted by Crippen LogP contribution is 2.51. The third-order valence-corrected chi connectivity index (χ3v) is 4.91. The average Bonchev–Trinajstić information content (AvgIpc) is 2.22. The van der Waals surface area contributed by atoms with E-state index in [1.54, 1.807) is 0 Å². The molecule has 5 N–H and O–H groups in total. The Labute approximate surface area is 112 Å². The predicted molar refractivity (Wildman–Crippen MR) is 71.2 cm³/mol. The minimum atomic E-state index is -4.71. The Balaban J connectivity index is 4.75. The minimum Gasteiger partial charge on any atom is -0.323 e. The Kier molecular flexibility index (Phi) is 7.80. The maximum Gasteiger partial charge on any atom is 0.478 e. The molecule has 0 aromatic heterocycles. The van der Waals surface area contributed by atoms with Crippen LogP contribution in [0.2, 0.25) is 0 Å². The van der Waals surface area contributed by atoms with Crippen LogP contribution < -0.4 is 0 Å². The Morgan fingerprint density at radius 3 is 2.16 bits per heavy atom. The molecule has 10 heteroatoms. The Bertz CT molecular complexity index is 338. The first kappa shape index (κ1) is 19.1. The molecule has 0 aliphatic carbocycles. The summed E-state index contributed by atoms with van der Waals surface area (Å²) in [7, 11) is -7.88. The van der Waals surface area contributed by atoms with E-state index in [-0.39, 0.29) is 0 Å². The van der Waals surface area contributed by atoms with E-state index in [1.807, 2.05) is 6.92 Å². The number of rotatable bonds is 9. The van der Waals surface area contributed by atoms with Crippen LogP contribution in [0, 0.1) is 0 Å². The van der Waals surface area contributed by atoms with E-state index in [4.69, 9.17) is 14.7 Å². The van der Waals surface area contributed by atoms with Gasteiger partial charge in [-0.25, -0.2) is 4.79 Å². The molecule has 0 radical (unpaired) electrons. The molecule has 0 fully saturated rings. The van der Waals surface area contributed by atoms with Crippen LogP contribution in [0.15, 0.2) is 0 Å². The summed E-state index contributed by atoms with van der Waals surface area (Å²) in [5.74, 6) is -1.46. The minimum absolute atomic E-state index is 0.366. The zero-order chi connectivity index (χ0) is 15.3. The summed E-state index contributed by atoms with van der Waals surface area (Å²) in [5.41, 5.74) is -1.34. The van der Waals surface area contributed by atoms with Gasteiger partial charge in [-0.05, 0) is 20.0 Å². The van der Waals surface area contributed by atoms with Crippen molar-refractivity contribution in [3.05, 3.63) is 0 Å². The van der Waals surface area contributed by atoms with E-state index in [0.29, 0.717) is 13.0 Å². The standard InChI is InChI=1S/C9H21NO7P2/c1-3-4-5-6-10(2)8(18(12,13)14)7-9(11)19(15,16)17/h8,15-17H,3-7H2,1-2H3,(H-,12,13,14)/p+1. The summed E-state index contributed by atoms with van der Waals surface area (Å²) < 4.78 is 11.3. The number of hydrogen-bond acceptors (Lipinski definition) is 6. The molecule has 1 atom stereocenters. The van der Waals surface area contributed by atoms with Crippen LogP contribution in [0.1, 0.15) is 32.6 Å². The van der Waals surface area contributed by atoms with Crippen LogP contribution in [0.25, 0.3) is 0 Å². The molecule has 0 heterocycles. The van der Waals surface area contributed by atoms with Crippen molar-refractivity contribution in [1.29, 1.82) is 0 Å². The lowest BCUT2D eigenvalue weighted by Crippen LogP contribution is -2.34. The largest absolute Gasteiger partial charge is 0.478 e. The number of carbonyl (C=O) groups is 1. The smallest absolute Gasteiger partial charge is 0.323 e. The Morgan fingerprint density at radius 2 is 1.79 bits per heavy atom. The Hall–Kier alpha value is 0.0900. The SMILES string of the molecule is CCCCCN(C)C(CC(=O)[P+](O)(O)O)P(=O)(O)O. The second kappa shape index (κ2) is 7.76. The first-order valence-electron chi connectivity index (χ1n) is 5.86. The van der Waals surface area contributed by atoms with Crippen molar-refractivity contribution in [3.63, 3.8) is 0 Å². The molecular formula is C9H22NO7P2+. The summed E-state index contributed by atoms with van der Waals surface area (Å²) in [6.45, 7) is 2.34. The molecule has 0 aliphatic heterocycles. The highest BCUT2D eigenvalue weighted by Gasteiger charge is 2.47. The van der Waals surface area contributed by atoms with Gasteiger partial charge < -0.3 is 9.79 Å². The lowest BCUT2D eigenvalue weighted by Gasteiger charge is -2.27. The second-order valence-electron chi connectivity index (χ2n) is 4.42. The molecule has 0 aromatic rings. The molecule has 19 heavy (non-hydrogen) atoms. The summed E-state index contributed by atoms with van der Waals surface area (Å²) in [6, 6.07) is 0. The van der Waals surface area contributed by atoms with Crippen LogP contribution in [-0.2, 0) is 9.36 Å². The van der Waals surface area contributed by atoms with Gasteiger partial charge in [0.2, 0.25) is 0 Å². The molecule has 0 aromatic carbocycles. The molecule has 8 nitrogen and oxygen atoms in total. The lowest BCUT2D eigenvalue weighted by molar-refractivity contribution is -0.114. The zero-order valence-corrected chi connectivity index (χ0v) is 12.8. The number of unbranched alkanes of at least 4 members (excludes halogenated alkanes) is 2. The second-order valence-corrected chi connectivity index (χ2v) is 7.83. The van der Waals surface area contributed by atoms with Crippen LogP contribution in [0.4, 0.5) is 0 Å². The normalized spacial score (nSPS) is 14.7. The monoisotopic (exact) mass is 318 g/mol. The van der Waals surface area contributed by atoms with Gasteiger partial charge in [-0.1, -0.05) is 19.8 Å². The van der Waals surface area contributed by atoms with Gasteiger partial charge in [0.15, 0.2) is 0 Å². The van der Waals surface area contributed by atoms with E-state index in [0.717, 1.165) is 12.8 Å². The maximum absolute atomic E-state index is 11.3. The van der Waals surface area contributed by atoms with Gasteiger partial charge in [-0.15, -0.1) is 0 Å². The van der Waals surface area contributed by atoms with Gasteiger partial charge in [-0.3, -0.25) is 9.46 Å². The van der Waals surface area contributed by atoms with Gasteiger partial charge in [-0.2, -0.15) is 14.7 Å². The first-order valence-corrected chi connectivity index (χ1v) is 9.19.